The van der Waals surface area contributed by atoms with Crippen LogP contribution in [0.4, 0.5) is 0 Å². The van der Waals surface area contributed by atoms with Gasteiger partial charge in [-0.1, -0.05) is 42.5 Å². The highest BCUT2D eigenvalue weighted by molar-refractivity contribution is 14.1. The molecular formula is C18H14INO. The number of pyridine rings is 1. The first-order valence-corrected chi connectivity index (χ1v) is 7.74. The molecule has 0 fully saturated rings. The molecule has 0 saturated heterocycles. The van der Waals surface area contributed by atoms with Crippen molar-refractivity contribution in [1.29, 1.82) is 0 Å². The molecule has 2 aromatic carbocycles. The second kappa shape index (κ2) is 5.85. The van der Waals surface area contributed by atoms with Crippen molar-refractivity contribution in [3.63, 3.8) is 0 Å². The molecule has 0 N–H and O–H groups in total. The maximum Gasteiger partial charge on any atom is 0.197 e. The van der Waals surface area contributed by atoms with E-state index >= 15 is 0 Å². The van der Waals surface area contributed by atoms with Crippen molar-refractivity contribution in [2.75, 3.05) is 0 Å². The Bertz CT molecular complexity index is 837. The smallest absolute Gasteiger partial charge is 0.197 e. The molecule has 0 bridgehead atoms. The Balaban J connectivity index is 2.24. The third-order valence-corrected chi connectivity index (χ3v) is 4.05. The quantitative estimate of drug-likeness (QED) is 0.601. The number of halogens is 1. The van der Waals surface area contributed by atoms with Gasteiger partial charge in [0, 0.05) is 34.1 Å². The topological polar surface area (TPSA) is 22.0 Å². The Labute approximate surface area is 137 Å². The zero-order valence-corrected chi connectivity index (χ0v) is 13.7. The van der Waals surface area contributed by atoms with Crippen molar-refractivity contribution >= 4 is 22.6 Å². The van der Waals surface area contributed by atoms with Gasteiger partial charge in [-0.05, 0) is 45.9 Å². The molecule has 1 aromatic heterocycles. The lowest BCUT2D eigenvalue weighted by molar-refractivity contribution is 0.904. The van der Waals surface area contributed by atoms with Gasteiger partial charge < -0.3 is 4.57 Å². The van der Waals surface area contributed by atoms with E-state index in [0.717, 1.165) is 25.8 Å². The summed E-state index contributed by atoms with van der Waals surface area (Å²) >= 11 is 2.26. The van der Waals surface area contributed by atoms with Crippen LogP contribution in [0.1, 0.15) is 0 Å². The zero-order chi connectivity index (χ0) is 14.8. The van der Waals surface area contributed by atoms with E-state index in [0.29, 0.717) is 0 Å². The van der Waals surface area contributed by atoms with Crippen LogP contribution in [0.15, 0.2) is 71.8 Å². The normalized spacial score (nSPS) is 10.6. The second-order valence-corrected chi connectivity index (χ2v) is 6.20. The highest BCUT2D eigenvalue weighted by Crippen LogP contribution is 2.22. The molecule has 0 aliphatic rings. The molecule has 0 amide bonds. The molecule has 0 spiro atoms. The average Bonchev–Trinajstić information content (AvgIpc) is 2.50. The van der Waals surface area contributed by atoms with E-state index in [4.69, 9.17) is 0 Å². The lowest BCUT2D eigenvalue weighted by atomic mass is 10.0. The van der Waals surface area contributed by atoms with Crippen LogP contribution in [-0.2, 0) is 7.05 Å². The van der Waals surface area contributed by atoms with Crippen LogP contribution in [0.5, 0.6) is 0 Å². The summed E-state index contributed by atoms with van der Waals surface area (Å²) in [5.41, 5.74) is 3.44. The molecule has 0 radical (unpaired) electrons. The minimum atomic E-state index is 0.0706. The largest absolute Gasteiger partial charge is 0.356 e. The maximum absolute atomic E-state index is 12.8. The molecule has 2 nitrogen and oxygen atoms in total. The second-order valence-electron chi connectivity index (χ2n) is 4.96. The van der Waals surface area contributed by atoms with Crippen LogP contribution >= 0.6 is 22.6 Å². The first-order chi connectivity index (χ1) is 10.1. The maximum atomic E-state index is 12.8. The fourth-order valence-corrected chi connectivity index (χ4v) is 2.93. The summed E-state index contributed by atoms with van der Waals surface area (Å²) in [5.74, 6) is 0. The summed E-state index contributed by atoms with van der Waals surface area (Å²) in [6.07, 6.45) is 3.77. The molecule has 0 atom stereocenters. The highest BCUT2D eigenvalue weighted by atomic mass is 127. The monoisotopic (exact) mass is 387 g/mol. The molecule has 1 heterocycles. The standard InChI is InChI=1S/C18H14INO/c1-20-11-16(13-6-3-2-4-7-13)18(21)17(12-20)14-8-5-9-15(19)10-14/h2-12H,1H3. The van der Waals surface area contributed by atoms with E-state index < -0.39 is 0 Å². The SMILES string of the molecule is Cn1cc(-c2ccccc2)c(=O)c(-c2cccc(I)c2)c1. The van der Waals surface area contributed by atoms with Crippen LogP contribution in [0, 0.1) is 3.57 Å². The zero-order valence-electron chi connectivity index (χ0n) is 11.6. The van der Waals surface area contributed by atoms with Crippen LogP contribution in [-0.4, -0.2) is 4.57 Å². The van der Waals surface area contributed by atoms with Gasteiger partial charge in [-0.25, -0.2) is 0 Å². The lowest BCUT2D eigenvalue weighted by Gasteiger charge is -2.09. The van der Waals surface area contributed by atoms with Gasteiger partial charge in [-0.2, -0.15) is 0 Å². The summed E-state index contributed by atoms with van der Waals surface area (Å²) in [6.45, 7) is 0. The van der Waals surface area contributed by atoms with E-state index in [-0.39, 0.29) is 5.43 Å². The molecule has 3 aromatic rings. The third kappa shape index (κ3) is 2.93. The summed E-state index contributed by atoms with van der Waals surface area (Å²) in [7, 11) is 1.95. The van der Waals surface area contributed by atoms with Gasteiger partial charge in [0.2, 0.25) is 0 Å². The fourth-order valence-electron chi connectivity index (χ4n) is 2.39. The summed E-state index contributed by atoms with van der Waals surface area (Å²) in [6, 6.07) is 17.8. The van der Waals surface area contributed by atoms with Crippen LogP contribution in [0.3, 0.4) is 0 Å². The molecule has 0 aliphatic heterocycles. The van der Waals surface area contributed by atoms with Gasteiger partial charge in [-0.3, -0.25) is 4.79 Å². The number of aryl methyl sites for hydroxylation is 1. The van der Waals surface area contributed by atoms with E-state index in [2.05, 4.69) is 22.6 Å². The number of benzene rings is 2. The van der Waals surface area contributed by atoms with E-state index in [1.807, 2.05) is 78.6 Å². The Kier molecular flexibility index (Phi) is 3.92. The van der Waals surface area contributed by atoms with E-state index in [1.54, 1.807) is 0 Å². The Morgan fingerprint density at radius 1 is 0.857 bits per heavy atom. The van der Waals surface area contributed by atoms with E-state index in [1.165, 1.54) is 0 Å². The number of hydrogen-bond acceptors (Lipinski definition) is 1. The summed E-state index contributed by atoms with van der Waals surface area (Å²) in [4.78, 5) is 12.8. The van der Waals surface area contributed by atoms with Crippen LogP contribution < -0.4 is 5.43 Å². The van der Waals surface area contributed by atoms with Crippen LogP contribution in [0.25, 0.3) is 22.3 Å². The number of nitrogens with zero attached hydrogens (tertiary/aromatic N) is 1. The van der Waals surface area contributed by atoms with Crippen molar-refractivity contribution in [3.8, 4) is 22.3 Å². The first-order valence-electron chi connectivity index (χ1n) is 6.67. The average molecular weight is 387 g/mol. The Morgan fingerprint density at radius 2 is 1.48 bits per heavy atom. The van der Waals surface area contributed by atoms with Gasteiger partial charge in [-0.15, -0.1) is 0 Å². The predicted octanol–water partition coefficient (Wildman–Crippen LogP) is 4.32. The van der Waals surface area contributed by atoms with E-state index in [9.17, 15) is 4.79 Å². The van der Waals surface area contributed by atoms with Crippen molar-refractivity contribution < 1.29 is 0 Å². The minimum absolute atomic E-state index is 0.0706. The predicted molar refractivity (Wildman–Crippen MR) is 95.3 cm³/mol. The molecule has 3 heteroatoms. The molecule has 0 unspecified atom stereocenters. The summed E-state index contributed by atoms with van der Waals surface area (Å²) < 4.78 is 3.07. The fraction of sp³-hybridized carbons (Fsp3) is 0.0556. The molecule has 0 aliphatic carbocycles. The van der Waals surface area contributed by atoms with Crippen molar-refractivity contribution in [3.05, 3.63) is 80.8 Å². The van der Waals surface area contributed by atoms with Crippen molar-refractivity contribution in [1.82, 2.24) is 4.57 Å². The molecule has 21 heavy (non-hydrogen) atoms. The van der Waals surface area contributed by atoms with Gasteiger partial charge in [0.1, 0.15) is 0 Å². The molecule has 0 saturated carbocycles. The lowest BCUT2D eigenvalue weighted by Crippen LogP contribution is -2.11. The number of hydrogen-bond donors (Lipinski definition) is 0. The highest BCUT2D eigenvalue weighted by Gasteiger charge is 2.10. The van der Waals surface area contributed by atoms with Crippen molar-refractivity contribution in [2.45, 2.75) is 0 Å². The van der Waals surface area contributed by atoms with Gasteiger partial charge in [0.15, 0.2) is 5.43 Å². The van der Waals surface area contributed by atoms with Gasteiger partial charge in [0.25, 0.3) is 0 Å². The molecular weight excluding hydrogens is 373 g/mol. The third-order valence-electron chi connectivity index (χ3n) is 3.38. The van der Waals surface area contributed by atoms with Gasteiger partial charge >= 0.3 is 0 Å². The minimum Gasteiger partial charge on any atom is -0.356 e. The Hall–Kier alpha value is -1.88. The summed E-state index contributed by atoms with van der Waals surface area (Å²) in [5, 5.41) is 0. The van der Waals surface area contributed by atoms with Crippen molar-refractivity contribution in [2.24, 2.45) is 7.05 Å². The Morgan fingerprint density at radius 3 is 2.14 bits per heavy atom. The number of aromatic nitrogens is 1. The van der Waals surface area contributed by atoms with Gasteiger partial charge in [0.05, 0.1) is 0 Å². The first kappa shape index (κ1) is 14.1. The molecule has 104 valence electrons. The van der Waals surface area contributed by atoms with Crippen LogP contribution in [0.2, 0.25) is 0 Å². The molecule has 3 rings (SSSR count). The number of rotatable bonds is 2.